The highest BCUT2D eigenvalue weighted by Gasteiger charge is 2.18. The van der Waals surface area contributed by atoms with Gasteiger partial charge in [0, 0.05) is 25.1 Å². The summed E-state index contributed by atoms with van der Waals surface area (Å²) in [6.45, 7) is 12.2. The first-order valence-corrected chi connectivity index (χ1v) is 7.45. The lowest BCUT2D eigenvalue weighted by molar-refractivity contribution is 0.238. The van der Waals surface area contributed by atoms with Crippen LogP contribution in [0.4, 0.5) is 0 Å². The highest BCUT2D eigenvalue weighted by atomic mass is 16.4. The number of nitrogens with one attached hydrogen (secondary N) is 2. The third kappa shape index (κ3) is 6.16. The number of oxazole rings is 1. The molecule has 0 fully saturated rings. The Morgan fingerprint density at radius 3 is 2.67 bits per heavy atom. The van der Waals surface area contributed by atoms with Crippen LogP contribution in [-0.4, -0.2) is 35.7 Å². The number of guanidine groups is 1. The van der Waals surface area contributed by atoms with Gasteiger partial charge in [-0.15, -0.1) is 0 Å². The maximum Gasteiger partial charge on any atom is 0.216 e. The largest absolute Gasteiger partial charge is 0.443 e. The summed E-state index contributed by atoms with van der Waals surface area (Å²) < 4.78 is 5.71. The molecule has 1 rings (SSSR count). The highest BCUT2D eigenvalue weighted by molar-refractivity contribution is 5.79. The van der Waals surface area contributed by atoms with E-state index in [2.05, 4.69) is 41.4 Å². The number of hydrogen-bond acceptors (Lipinski definition) is 4. The van der Waals surface area contributed by atoms with Gasteiger partial charge >= 0.3 is 0 Å². The smallest absolute Gasteiger partial charge is 0.216 e. The summed E-state index contributed by atoms with van der Waals surface area (Å²) in [5.41, 5.74) is -0.0474. The van der Waals surface area contributed by atoms with Gasteiger partial charge in [-0.2, -0.15) is 0 Å². The van der Waals surface area contributed by atoms with Gasteiger partial charge in [0.1, 0.15) is 12.3 Å². The molecule has 0 amide bonds. The zero-order valence-electron chi connectivity index (χ0n) is 13.7. The van der Waals surface area contributed by atoms with E-state index in [0.29, 0.717) is 24.9 Å². The van der Waals surface area contributed by atoms with Crippen LogP contribution in [0.1, 0.15) is 46.3 Å². The van der Waals surface area contributed by atoms with Crippen molar-refractivity contribution in [2.24, 2.45) is 10.9 Å². The average Bonchev–Trinajstić information content (AvgIpc) is 2.90. The number of aliphatic hydroxyl groups excluding tert-OH is 1. The van der Waals surface area contributed by atoms with Crippen LogP contribution >= 0.6 is 0 Å². The lowest BCUT2D eigenvalue weighted by atomic mass is 9.94. The van der Waals surface area contributed by atoms with Crippen LogP contribution in [0.2, 0.25) is 0 Å². The fourth-order valence-corrected chi connectivity index (χ4v) is 1.55. The molecule has 1 heterocycles. The van der Waals surface area contributed by atoms with Gasteiger partial charge in [-0.3, -0.25) is 0 Å². The Morgan fingerprint density at radius 1 is 1.43 bits per heavy atom. The van der Waals surface area contributed by atoms with Crippen molar-refractivity contribution in [2.45, 2.75) is 46.6 Å². The Labute approximate surface area is 127 Å². The summed E-state index contributed by atoms with van der Waals surface area (Å²) >= 11 is 0. The summed E-state index contributed by atoms with van der Waals surface area (Å²) in [5.74, 6) is 2.35. The molecule has 0 aliphatic rings. The normalized spacial score (nSPS) is 14.1. The molecule has 0 saturated carbocycles. The Bertz CT molecular complexity index is 449. The van der Waals surface area contributed by atoms with E-state index in [-0.39, 0.29) is 17.9 Å². The quantitative estimate of drug-likeness (QED) is 0.549. The third-order valence-electron chi connectivity index (χ3n) is 2.94. The Balaban J connectivity index is 2.62. The zero-order chi connectivity index (χ0) is 15.9. The van der Waals surface area contributed by atoms with Crippen LogP contribution in [0.25, 0.3) is 0 Å². The molecule has 0 bridgehead atoms. The Kier molecular flexibility index (Phi) is 6.68. The maximum absolute atomic E-state index is 9.04. The van der Waals surface area contributed by atoms with Crippen molar-refractivity contribution in [3.8, 4) is 0 Å². The van der Waals surface area contributed by atoms with E-state index < -0.39 is 0 Å². The fourth-order valence-electron chi connectivity index (χ4n) is 1.55. The molecule has 120 valence electrons. The molecule has 0 aliphatic heterocycles. The van der Waals surface area contributed by atoms with Crippen LogP contribution in [0.15, 0.2) is 15.6 Å². The van der Waals surface area contributed by atoms with Gasteiger partial charge in [-0.25, -0.2) is 9.98 Å². The molecule has 6 heteroatoms. The van der Waals surface area contributed by atoms with Crippen molar-refractivity contribution in [1.82, 2.24) is 15.6 Å². The molecule has 1 aromatic rings. The van der Waals surface area contributed by atoms with Gasteiger partial charge in [0.2, 0.25) is 5.89 Å². The topological polar surface area (TPSA) is 82.7 Å². The first-order chi connectivity index (χ1) is 9.86. The van der Waals surface area contributed by atoms with Gasteiger partial charge in [-0.1, -0.05) is 27.7 Å². The third-order valence-corrected chi connectivity index (χ3v) is 2.94. The number of aromatic nitrogens is 1. The molecule has 1 unspecified atom stereocenters. The van der Waals surface area contributed by atoms with Gasteiger partial charge < -0.3 is 20.2 Å². The maximum atomic E-state index is 9.04. The molecule has 0 radical (unpaired) electrons. The second kappa shape index (κ2) is 8.02. The monoisotopic (exact) mass is 296 g/mol. The summed E-state index contributed by atoms with van der Waals surface area (Å²) in [4.78, 5) is 8.70. The second-order valence-electron chi connectivity index (χ2n) is 6.23. The van der Waals surface area contributed by atoms with E-state index in [0.717, 1.165) is 12.3 Å². The molecule has 0 spiro atoms. The van der Waals surface area contributed by atoms with Crippen LogP contribution < -0.4 is 10.6 Å². The zero-order valence-corrected chi connectivity index (χ0v) is 13.7. The van der Waals surface area contributed by atoms with Crippen LogP contribution in [0, 0.1) is 5.92 Å². The van der Waals surface area contributed by atoms with Crippen molar-refractivity contribution >= 4 is 5.96 Å². The van der Waals surface area contributed by atoms with Gasteiger partial charge in [0.15, 0.2) is 5.96 Å². The molecule has 0 saturated heterocycles. The van der Waals surface area contributed by atoms with Gasteiger partial charge in [0.05, 0.1) is 6.20 Å². The van der Waals surface area contributed by atoms with E-state index in [9.17, 15) is 0 Å². The van der Waals surface area contributed by atoms with Gasteiger partial charge in [0.25, 0.3) is 0 Å². The molecule has 21 heavy (non-hydrogen) atoms. The summed E-state index contributed by atoms with van der Waals surface area (Å²) in [6, 6.07) is 0. The molecule has 0 aliphatic carbocycles. The Morgan fingerprint density at radius 2 is 2.14 bits per heavy atom. The van der Waals surface area contributed by atoms with E-state index >= 15 is 0 Å². The number of aliphatic imine (C=N–C) groups is 1. The predicted octanol–water partition coefficient (Wildman–Crippen LogP) is 1.66. The number of nitrogens with zero attached hydrogens (tertiary/aromatic N) is 2. The Hall–Kier alpha value is -1.56. The number of rotatable bonds is 6. The number of hydrogen-bond donors (Lipinski definition) is 3. The van der Waals surface area contributed by atoms with Crippen molar-refractivity contribution in [2.75, 3.05) is 19.7 Å². The summed E-state index contributed by atoms with van der Waals surface area (Å²) in [6.07, 6.45) is 1.76. The summed E-state index contributed by atoms with van der Waals surface area (Å²) in [5, 5.41) is 15.4. The van der Waals surface area contributed by atoms with Crippen LogP contribution in [0.3, 0.4) is 0 Å². The number of aliphatic hydroxyl groups is 1. The summed E-state index contributed by atoms with van der Waals surface area (Å²) in [7, 11) is 0. The van der Waals surface area contributed by atoms with E-state index in [4.69, 9.17) is 9.52 Å². The first-order valence-electron chi connectivity index (χ1n) is 7.45. The molecule has 0 aromatic carbocycles. The highest BCUT2D eigenvalue weighted by Crippen LogP contribution is 2.22. The molecule has 6 nitrogen and oxygen atoms in total. The van der Waals surface area contributed by atoms with Gasteiger partial charge in [-0.05, 0) is 12.8 Å². The lowest BCUT2D eigenvalue weighted by Crippen LogP contribution is -2.39. The minimum Gasteiger partial charge on any atom is -0.443 e. The molecular weight excluding hydrogens is 268 g/mol. The molecule has 3 N–H and O–H groups in total. The van der Waals surface area contributed by atoms with Crippen LogP contribution in [-0.2, 0) is 12.0 Å². The van der Waals surface area contributed by atoms with E-state index in [1.807, 2.05) is 13.8 Å². The minimum atomic E-state index is -0.0474. The van der Waals surface area contributed by atoms with Crippen LogP contribution in [0.5, 0.6) is 0 Å². The standard InChI is InChI=1S/C15H28N4O2/c1-6-16-14(18-7-11(2)10-20)19-9-13-17-8-12(21-13)15(3,4)5/h8,11,20H,6-7,9-10H2,1-5H3,(H2,16,18,19). The SMILES string of the molecule is CCNC(=NCc1ncc(C(C)(C)C)o1)NCC(C)CO. The lowest BCUT2D eigenvalue weighted by Gasteiger charge is -2.14. The molecular formula is C15H28N4O2. The van der Waals surface area contributed by atoms with Crippen molar-refractivity contribution in [3.05, 3.63) is 17.8 Å². The fraction of sp³-hybridized carbons (Fsp3) is 0.733. The van der Waals surface area contributed by atoms with E-state index in [1.165, 1.54) is 0 Å². The average molecular weight is 296 g/mol. The van der Waals surface area contributed by atoms with E-state index in [1.54, 1.807) is 6.20 Å². The second-order valence-corrected chi connectivity index (χ2v) is 6.23. The minimum absolute atomic E-state index is 0.0474. The first kappa shape index (κ1) is 17.5. The van der Waals surface area contributed by atoms with Crippen molar-refractivity contribution in [1.29, 1.82) is 0 Å². The molecule has 1 aromatic heterocycles. The van der Waals surface area contributed by atoms with Crippen molar-refractivity contribution < 1.29 is 9.52 Å². The van der Waals surface area contributed by atoms with Crippen molar-refractivity contribution in [3.63, 3.8) is 0 Å². The molecule has 1 atom stereocenters. The predicted molar refractivity (Wildman–Crippen MR) is 84.3 cm³/mol.